The van der Waals surface area contributed by atoms with Crippen molar-refractivity contribution < 1.29 is 18.0 Å². The summed E-state index contributed by atoms with van der Waals surface area (Å²) in [4.78, 5) is 13.7. The summed E-state index contributed by atoms with van der Waals surface area (Å²) in [5, 5.41) is 11.5. The Morgan fingerprint density at radius 2 is 1.96 bits per heavy atom. The highest BCUT2D eigenvalue weighted by atomic mass is 32.2. The molecule has 2 aromatic rings. The molecule has 2 aromatic carbocycles. The van der Waals surface area contributed by atoms with Gasteiger partial charge in [0, 0.05) is 10.6 Å². The first-order valence-electron chi connectivity index (χ1n) is 8.99. The standard InChI is InChI=1S/C21H21F3N2OS/c1-3-5-7-14-8-6-9-18(28-4-2)19(14)20(27)26-16-11-10-15(13-25)17(12-16)21(22,23)24/h6,8-12H,3-5,7H2,1-2H3,(H,26,27). The Bertz CT molecular complexity index is 888. The van der Waals surface area contributed by atoms with E-state index >= 15 is 0 Å². The van der Waals surface area contributed by atoms with Crippen LogP contribution in [0.5, 0.6) is 0 Å². The molecule has 0 aliphatic heterocycles. The Labute approximate surface area is 166 Å². The van der Waals surface area contributed by atoms with Gasteiger partial charge in [0.05, 0.1) is 22.8 Å². The van der Waals surface area contributed by atoms with Gasteiger partial charge in [0.15, 0.2) is 0 Å². The summed E-state index contributed by atoms with van der Waals surface area (Å²) in [7, 11) is 0. The zero-order chi connectivity index (χ0) is 20.7. The van der Waals surface area contributed by atoms with Crippen molar-refractivity contribution in [2.75, 3.05) is 11.1 Å². The average molecular weight is 406 g/mol. The second-order valence-electron chi connectivity index (χ2n) is 6.15. The average Bonchev–Trinajstić information content (AvgIpc) is 2.65. The van der Waals surface area contributed by atoms with E-state index in [4.69, 9.17) is 5.26 Å². The number of aryl methyl sites for hydroxylation is 1. The third-order valence-corrected chi connectivity index (χ3v) is 5.08. The number of halogens is 3. The molecule has 0 atom stereocenters. The van der Waals surface area contributed by atoms with Gasteiger partial charge >= 0.3 is 6.18 Å². The Kier molecular flexibility index (Phi) is 7.53. The molecule has 1 N–H and O–H groups in total. The topological polar surface area (TPSA) is 52.9 Å². The van der Waals surface area contributed by atoms with E-state index in [9.17, 15) is 18.0 Å². The number of rotatable bonds is 7. The van der Waals surface area contributed by atoms with E-state index in [1.807, 2.05) is 25.1 Å². The molecule has 7 heteroatoms. The molecule has 0 heterocycles. The molecule has 0 aliphatic carbocycles. The van der Waals surface area contributed by atoms with Crippen LogP contribution in [0.3, 0.4) is 0 Å². The largest absolute Gasteiger partial charge is 0.417 e. The zero-order valence-electron chi connectivity index (χ0n) is 15.7. The van der Waals surface area contributed by atoms with Crippen LogP contribution in [-0.2, 0) is 12.6 Å². The van der Waals surface area contributed by atoms with Gasteiger partial charge in [-0.1, -0.05) is 32.4 Å². The van der Waals surface area contributed by atoms with Crippen molar-refractivity contribution in [3.63, 3.8) is 0 Å². The highest BCUT2D eigenvalue weighted by Crippen LogP contribution is 2.34. The summed E-state index contributed by atoms with van der Waals surface area (Å²) in [6, 6.07) is 10.3. The SMILES string of the molecule is CCCCc1cccc(SCC)c1C(=O)Nc1ccc(C#N)c(C(F)(F)F)c1. The van der Waals surface area contributed by atoms with Crippen LogP contribution < -0.4 is 5.32 Å². The molecule has 0 saturated carbocycles. The van der Waals surface area contributed by atoms with Crippen molar-refractivity contribution in [1.29, 1.82) is 5.26 Å². The molecule has 0 aliphatic rings. The number of nitrogens with one attached hydrogen (secondary N) is 1. The van der Waals surface area contributed by atoms with Gasteiger partial charge in [0.2, 0.25) is 0 Å². The quantitative estimate of drug-likeness (QED) is 0.550. The number of carbonyl (C=O) groups excluding carboxylic acids is 1. The first kappa shape index (κ1) is 21.8. The number of nitriles is 1. The monoisotopic (exact) mass is 406 g/mol. The molecule has 148 valence electrons. The number of unbranched alkanes of at least 4 members (excludes halogenated alkanes) is 1. The van der Waals surface area contributed by atoms with Crippen LogP contribution in [0.15, 0.2) is 41.3 Å². The molecule has 0 bridgehead atoms. The lowest BCUT2D eigenvalue weighted by atomic mass is 10.0. The smallest absolute Gasteiger partial charge is 0.322 e. The maximum atomic E-state index is 13.2. The van der Waals surface area contributed by atoms with Gasteiger partial charge in [-0.2, -0.15) is 18.4 Å². The number of benzene rings is 2. The van der Waals surface area contributed by atoms with E-state index in [0.29, 0.717) is 5.56 Å². The number of nitrogens with zero attached hydrogens (tertiary/aromatic N) is 1. The number of hydrogen-bond acceptors (Lipinski definition) is 3. The molecule has 0 spiro atoms. The van der Waals surface area contributed by atoms with Crippen LogP contribution in [0.25, 0.3) is 0 Å². The van der Waals surface area contributed by atoms with E-state index in [1.54, 1.807) is 0 Å². The van der Waals surface area contributed by atoms with Crippen molar-refractivity contribution in [3.05, 3.63) is 58.7 Å². The molecular formula is C21H21F3N2OS. The third-order valence-electron chi connectivity index (χ3n) is 4.14. The summed E-state index contributed by atoms with van der Waals surface area (Å²) >= 11 is 1.52. The maximum Gasteiger partial charge on any atom is 0.417 e. The van der Waals surface area contributed by atoms with Crippen molar-refractivity contribution in [1.82, 2.24) is 0 Å². The molecule has 0 aromatic heterocycles. The first-order valence-corrected chi connectivity index (χ1v) is 9.97. The second kappa shape index (κ2) is 9.65. The van der Waals surface area contributed by atoms with Crippen molar-refractivity contribution in [2.45, 2.75) is 44.2 Å². The van der Waals surface area contributed by atoms with Crippen molar-refractivity contribution in [3.8, 4) is 6.07 Å². The predicted molar refractivity (Wildman–Crippen MR) is 106 cm³/mol. The number of carbonyl (C=O) groups is 1. The van der Waals surface area contributed by atoms with Gasteiger partial charge in [-0.25, -0.2) is 0 Å². The predicted octanol–water partition coefficient (Wildman–Crippen LogP) is 6.28. The summed E-state index contributed by atoms with van der Waals surface area (Å²) in [6.45, 7) is 4.03. The van der Waals surface area contributed by atoms with Crippen LogP contribution in [-0.4, -0.2) is 11.7 Å². The number of thioether (sulfide) groups is 1. The van der Waals surface area contributed by atoms with Gasteiger partial charge in [-0.3, -0.25) is 4.79 Å². The van der Waals surface area contributed by atoms with Crippen LogP contribution >= 0.6 is 11.8 Å². The zero-order valence-corrected chi connectivity index (χ0v) is 16.5. The van der Waals surface area contributed by atoms with Crippen molar-refractivity contribution >= 4 is 23.4 Å². The Hall–Kier alpha value is -2.46. The summed E-state index contributed by atoms with van der Waals surface area (Å²) in [5.41, 5.74) is -0.149. The maximum absolute atomic E-state index is 13.2. The molecule has 3 nitrogen and oxygen atoms in total. The fraction of sp³-hybridized carbons (Fsp3) is 0.333. The molecule has 28 heavy (non-hydrogen) atoms. The van der Waals surface area contributed by atoms with Crippen molar-refractivity contribution in [2.24, 2.45) is 0 Å². The van der Waals surface area contributed by atoms with Gasteiger partial charge in [-0.05, 0) is 48.4 Å². The molecule has 0 fully saturated rings. The van der Waals surface area contributed by atoms with E-state index in [1.165, 1.54) is 23.9 Å². The van der Waals surface area contributed by atoms with Gasteiger partial charge < -0.3 is 5.32 Å². The normalized spacial score (nSPS) is 11.1. The van der Waals surface area contributed by atoms with Gasteiger partial charge in [-0.15, -0.1) is 11.8 Å². The van der Waals surface area contributed by atoms with E-state index in [0.717, 1.165) is 47.6 Å². The molecule has 0 unspecified atom stereocenters. The highest BCUT2D eigenvalue weighted by molar-refractivity contribution is 7.99. The number of amides is 1. The molecule has 1 amide bonds. The van der Waals surface area contributed by atoms with E-state index in [-0.39, 0.29) is 5.69 Å². The lowest BCUT2D eigenvalue weighted by Gasteiger charge is -2.15. The summed E-state index contributed by atoms with van der Waals surface area (Å²) in [6.07, 6.45) is -2.07. The van der Waals surface area contributed by atoms with Crippen LogP contribution in [0, 0.1) is 11.3 Å². The lowest BCUT2D eigenvalue weighted by Crippen LogP contribution is -2.17. The minimum absolute atomic E-state index is 0.00840. The molecular weight excluding hydrogens is 385 g/mol. The molecule has 0 radical (unpaired) electrons. The van der Waals surface area contributed by atoms with Gasteiger partial charge in [0.1, 0.15) is 0 Å². The molecule has 0 saturated heterocycles. The fourth-order valence-corrected chi connectivity index (χ4v) is 3.69. The van der Waals surface area contributed by atoms with Crippen LogP contribution in [0.2, 0.25) is 0 Å². The Balaban J connectivity index is 2.41. The third kappa shape index (κ3) is 5.29. The fourth-order valence-electron chi connectivity index (χ4n) is 2.83. The minimum Gasteiger partial charge on any atom is -0.322 e. The summed E-state index contributed by atoms with van der Waals surface area (Å²) in [5.74, 6) is 0.326. The summed E-state index contributed by atoms with van der Waals surface area (Å²) < 4.78 is 39.5. The van der Waals surface area contributed by atoms with Crippen LogP contribution in [0.4, 0.5) is 18.9 Å². The lowest BCUT2D eigenvalue weighted by molar-refractivity contribution is -0.137. The number of hydrogen-bond donors (Lipinski definition) is 1. The van der Waals surface area contributed by atoms with E-state index < -0.39 is 23.2 Å². The second-order valence-corrected chi connectivity index (χ2v) is 7.46. The van der Waals surface area contributed by atoms with E-state index in [2.05, 4.69) is 12.2 Å². The number of anilines is 1. The molecule has 2 rings (SSSR count). The first-order chi connectivity index (χ1) is 13.3. The van der Waals surface area contributed by atoms with Gasteiger partial charge in [0.25, 0.3) is 5.91 Å². The minimum atomic E-state index is -4.67. The Morgan fingerprint density at radius 3 is 2.57 bits per heavy atom. The van der Waals surface area contributed by atoms with Crippen LogP contribution in [0.1, 0.15) is 53.7 Å². The number of alkyl halides is 3. The Morgan fingerprint density at radius 1 is 1.21 bits per heavy atom. The highest BCUT2D eigenvalue weighted by Gasteiger charge is 2.34.